The van der Waals surface area contributed by atoms with Gasteiger partial charge < -0.3 is 9.84 Å². The van der Waals surface area contributed by atoms with Crippen molar-refractivity contribution in [3.8, 4) is 0 Å². The molecule has 1 atom stereocenters. The van der Waals surface area contributed by atoms with E-state index in [1.54, 1.807) is 0 Å². The number of ether oxygens (including phenoxy) is 1. The highest BCUT2D eigenvalue weighted by molar-refractivity contribution is 7.00. The van der Waals surface area contributed by atoms with Gasteiger partial charge in [-0.05, 0) is 65.3 Å². The van der Waals surface area contributed by atoms with Gasteiger partial charge in [-0.1, -0.05) is 63.2 Å². The number of aliphatic hydroxyl groups is 1. The number of rotatable bonds is 4. The molecule has 35 heavy (non-hydrogen) atoms. The van der Waals surface area contributed by atoms with Crippen LogP contribution in [0.15, 0.2) is 66.2 Å². The van der Waals surface area contributed by atoms with Gasteiger partial charge in [0.1, 0.15) is 11.0 Å². The van der Waals surface area contributed by atoms with Crippen molar-refractivity contribution >= 4 is 34.3 Å². The van der Waals surface area contributed by atoms with Crippen molar-refractivity contribution < 1.29 is 14.6 Å². The van der Waals surface area contributed by atoms with Gasteiger partial charge in [0.25, 0.3) is 5.79 Å². The Morgan fingerprint density at radius 1 is 0.914 bits per heavy atom. The maximum Gasteiger partial charge on any atom is 0.342 e. The van der Waals surface area contributed by atoms with E-state index in [1.165, 1.54) is 5.56 Å². The van der Waals surface area contributed by atoms with Crippen molar-refractivity contribution in [2.24, 2.45) is 0 Å². The van der Waals surface area contributed by atoms with Crippen LogP contribution in [0.1, 0.15) is 54.2 Å². The molecule has 0 bridgehead atoms. The van der Waals surface area contributed by atoms with E-state index in [1.807, 2.05) is 50.2 Å². The molecule has 1 aliphatic heterocycles. The Morgan fingerprint density at radius 2 is 1.63 bits per heavy atom. The summed E-state index contributed by atoms with van der Waals surface area (Å²) >= 11 is 1.13. The number of cyclic esters (lactones) is 1. The first-order valence-corrected chi connectivity index (χ1v) is 12.4. The number of aryl methyl sites for hydroxylation is 2. The topological polar surface area (TPSA) is 72.3 Å². The fourth-order valence-corrected chi connectivity index (χ4v) is 5.01. The summed E-state index contributed by atoms with van der Waals surface area (Å²) in [5.41, 5.74) is 7.96. The van der Waals surface area contributed by atoms with Crippen molar-refractivity contribution in [1.29, 1.82) is 0 Å². The van der Waals surface area contributed by atoms with Gasteiger partial charge in [-0.15, -0.1) is 0 Å². The standard InChI is InChI=1S/C29H28N2O3S/c1-17-6-10-22(14-18(17)2)29(33)23(15-19-7-11-21(12-8-19)28(3,4)5)26(27(32)34-29)20-9-13-24-25(16-20)31-35-30-24/h6-14,16,33H,15H2,1-5H3. The van der Waals surface area contributed by atoms with Gasteiger partial charge in [0.2, 0.25) is 0 Å². The normalized spacial score (nSPS) is 18.4. The Balaban J connectivity index is 1.67. The first-order chi connectivity index (χ1) is 16.6. The second-order valence-corrected chi connectivity index (χ2v) is 10.8. The number of aromatic nitrogens is 2. The first kappa shape index (κ1) is 23.4. The molecule has 0 radical (unpaired) electrons. The molecule has 0 saturated carbocycles. The predicted molar refractivity (Wildman–Crippen MR) is 139 cm³/mol. The van der Waals surface area contributed by atoms with Gasteiger partial charge in [-0.2, -0.15) is 8.75 Å². The average Bonchev–Trinajstić information content (AvgIpc) is 3.37. The Bertz CT molecular complexity index is 1480. The summed E-state index contributed by atoms with van der Waals surface area (Å²) in [4.78, 5) is 13.3. The van der Waals surface area contributed by atoms with Crippen LogP contribution in [0.5, 0.6) is 0 Å². The molecular weight excluding hydrogens is 456 g/mol. The van der Waals surface area contributed by atoms with Crippen molar-refractivity contribution in [3.05, 3.63) is 99.6 Å². The number of fused-ring (bicyclic) bond motifs is 1. The molecule has 5 nitrogen and oxygen atoms in total. The predicted octanol–water partition coefficient (Wildman–Crippen LogP) is 6.00. The molecule has 1 unspecified atom stereocenters. The van der Waals surface area contributed by atoms with Gasteiger partial charge in [0, 0.05) is 17.6 Å². The SMILES string of the molecule is Cc1ccc(C2(O)OC(=O)C(c3ccc4nsnc4c3)=C2Cc2ccc(C(C)(C)C)cc2)cc1C. The quantitative estimate of drug-likeness (QED) is 0.360. The third-order valence-corrected chi connectivity index (χ3v) is 7.35. The maximum atomic E-state index is 13.3. The summed E-state index contributed by atoms with van der Waals surface area (Å²) in [5.74, 6) is -2.40. The van der Waals surface area contributed by atoms with Gasteiger partial charge in [-0.25, -0.2) is 4.79 Å². The van der Waals surface area contributed by atoms with Crippen LogP contribution in [0.25, 0.3) is 16.6 Å². The van der Waals surface area contributed by atoms with Crippen LogP contribution < -0.4 is 0 Å². The molecular formula is C29H28N2O3S. The average molecular weight is 485 g/mol. The zero-order chi connectivity index (χ0) is 25.0. The van der Waals surface area contributed by atoms with Gasteiger partial charge in [-0.3, -0.25) is 0 Å². The number of carbonyl (C=O) groups excluding carboxylic acids is 1. The molecule has 3 aromatic carbocycles. The van der Waals surface area contributed by atoms with Gasteiger partial charge in [0.15, 0.2) is 0 Å². The van der Waals surface area contributed by atoms with Crippen molar-refractivity contribution in [1.82, 2.24) is 8.75 Å². The largest absolute Gasteiger partial charge is 0.421 e. The minimum Gasteiger partial charge on any atom is -0.421 e. The smallest absolute Gasteiger partial charge is 0.342 e. The van der Waals surface area contributed by atoms with Crippen molar-refractivity contribution in [2.75, 3.05) is 0 Å². The third-order valence-electron chi connectivity index (χ3n) is 6.80. The summed E-state index contributed by atoms with van der Waals surface area (Å²) < 4.78 is 14.4. The van der Waals surface area contributed by atoms with E-state index in [2.05, 4.69) is 53.8 Å². The molecule has 0 aliphatic carbocycles. The zero-order valence-electron chi connectivity index (χ0n) is 20.5. The minimum atomic E-state index is -1.86. The Hall–Kier alpha value is -3.35. The van der Waals surface area contributed by atoms with E-state index in [9.17, 15) is 9.90 Å². The lowest BCUT2D eigenvalue weighted by Crippen LogP contribution is -2.30. The molecule has 178 valence electrons. The van der Waals surface area contributed by atoms with Crippen molar-refractivity contribution in [3.63, 3.8) is 0 Å². The van der Waals surface area contributed by atoms with Gasteiger partial charge >= 0.3 is 5.97 Å². The van der Waals surface area contributed by atoms with E-state index in [4.69, 9.17) is 4.74 Å². The number of nitrogens with zero attached hydrogens (tertiary/aromatic N) is 2. The van der Waals surface area contributed by atoms with E-state index in [0.29, 0.717) is 34.2 Å². The Kier molecular flexibility index (Phi) is 5.61. The van der Waals surface area contributed by atoms with Crippen LogP contribution in [-0.2, 0) is 27.2 Å². The zero-order valence-corrected chi connectivity index (χ0v) is 21.4. The lowest BCUT2D eigenvalue weighted by molar-refractivity contribution is -0.185. The van der Waals surface area contributed by atoms with Gasteiger partial charge in [0.05, 0.1) is 17.3 Å². The Morgan fingerprint density at radius 3 is 2.31 bits per heavy atom. The highest BCUT2D eigenvalue weighted by Crippen LogP contribution is 2.45. The summed E-state index contributed by atoms with van der Waals surface area (Å²) in [6, 6.07) is 19.5. The van der Waals surface area contributed by atoms with E-state index in [0.717, 1.165) is 33.9 Å². The minimum absolute atomic E-state index is 0.0343. The lowest BCUT2D eigenvalue weighted by atomic mass is 9.84. The highest BCUT2D eigenvalue weighted by Gasteiger charge is 2.48. The van der Waals surface area contributed by atoms with Crippen LogP contribution in [-0.4, -0.2) is 19.8 Å². The molecule has 0 amide bonds. The highest BCUT2D eigenvalue weighted by atomic mass is 32.1. The number of hydrogen-bond donors (Lipinski definition) is 1. The molecule has 0 saturated heterocycles. The molecule has 1 aromatic heterocycles. The maximum absolute atomic E-state index is 13.3. The molecule has 2 heterocycles. The molecule has 1 N–H and O–H groups in total. The number of benzene rings is 3. The molecule has 6 heteroatoms. The summed E-state index contributed by atoms with van der Waals surface area (Å²) in [7, 11) is 0. The summed E-state index contributed by atoms with van der Waals surface area (Å²) in [6.07, 6.45) is 0.363. The monoisotopic (exact) mass is 484 g/mol. The van der Waals surface area contributed by atoms with E-state index < -0.39 is 11.8 Å². The van der Waals surface area contributed by atoms with Crippen LogP contribution in [0.2, 0.25) is 0 Å². The van der Waals surface area contributed by atoms with Crippen LogP contribution in [0, 0.1) is 13.8 Å². The lowest BCUT2D eigenvalue weighted by Gasteiger charge is -2.26. The molecule has 4 aromatic rings. The molecule has 5 rings (SSSR count). The van der Waals surface area contributed by atoms with Crippen LogP contribution >= 0.6 is 11.7 Å². The molecule has 1 aliphatic rings. The molecule has 0 fully saturated rings. The molecule has 0 spiro atoms. The number of esters is 1. The number of hydrogen-bond acceptors (Lipinski definition) is 6. The third kappa shape index (κ3) is 4.17. The second-order valence-electron chi connectivity index (χ2n) is 10.3. The first-order valence-electron chi connectivity index (χ1n) is 11.7. The van der Waals surface area contributed by atoms with Crippen LogP contribution in [0.3, 0.4) is 0 Å². The number of carbonyl (C=O) groups is 1. The second kappa shape index (κ2) is 8.40. The Labute approximate surface area is 209 Å². The van der Waals surface area contributed by atoms with E-state index >= 15 is 0 Å². The summed E-state index contributed by atoms with van der Waals surface area (Å²) in [5, 5.41) is 11.9. The van der Waals surface area contributed by atoms with E-state index in [-0.39, 0.29) is 5.41 Å². The van der Waals surface area contributed by atoms with Crippen LogP contribution in [0.4, 0.5) is 0 Å². The van der Waals surface area contributed by atoms with Crippen molar-refractivity contribution in [2.45, 2.75) is 52.2 Å². The summed E-state index contributed by atoms with van der Waals surface area (Å²) in [6.45, 7) is 10.5. The fourth-order valence-electron chi connectivity index (χ4n) is 4.49. The fraction of sp³-hybridized carbons (Fsp3) is 0.276.